The summed E-state index contributed by atoms with van der Waals surface area (Å²) in [5.74, 6) is 1.08. The highest BCUT2D eigenvalue weighted by Gasteiger charge is 2.21. The molecule has 0 aliphatic carbocycles. The molecule has 5 heteroatoms. The molecular weight excluding hydrogens is 334 g/mol. The summed E-state index contributed by atoms with van der Waals surface area (Å²) in [5.41, 5.74) is 8.26. The van der Waals surface area contributed by atoms with Gasteiger partial charge in [0.2, 0.25) is 0 Å². The number of H-pyrrole nitrogens is 2. The maximum Gasteiger partial charge on any atom is 0.109 e. The lowest BCUT2D eigenvalue weighted by Gasteiger charge is -2.23. The zero-order chi connectivity index (χ0) is 18.4. The molecule has 3 aromatic heterocycles. The third kappa shape index (κ3) is 2.73. The first kappa shape index (κ1) is 16.5. The Bertz CT molecular complexity index is 1100. The van der Waals surface area contributed by atoms with Gasteiger partial charge in [0.15, 0.2) is 0 Å². The van der Waals surface area contributed by atoms with Gasteiger partial charge in [0.05, 0.1) is 17.4 Å². The van der Waals surface area contributed by atoms with Crippen LogP contribution in [0.2, 0.25) is 0 Å². The second-order valence-corrected chi connectivity index (χ2v) is 7.89. The van der Waals surface area contributed by atoms with Gasteiger partial charge in [-0.15, -0.1) is 0 Å². The van der Waals surface area contributed by atoms with E-state index in [0.29, 0.717) is 11.8 Å². The molecule has 0 saturated carbocycles. The highest BCUT2D eigenvalue weighted by molar-refractivity contribution is 5.98. The first-order chi connectivity index (χ1) is 13.2. The van der Waals surface area contributed by atoms with Crippen LogP contribution in [-0.4, -0.2) is 33.3 Å². The number of hydrogen-bond acceptors (Lipinski definition) is 3. The number of piperidine rings is 1. The molecule has 1 aliphatic rings. The second kappa shape index (κ2) is 6.50. The van der Waals surface area contributed by atoms with Gasteiger partial charge in [-0.25, -0.2) is 0 Å². The average molecular weight is 359 g/mol. The van der Waals surface area contributed by atoms with Gasteiger partial charge in [-0.05, 0) is 67.1 Å². The van der Waals surface area contributed by atoms with E-state index in [2.05, 4.69) is 63.6 Å². The number of nitrogens with one attached hydrogen (secondary N) is 3. The number of pyridine rings is 1. The number of fused-ring (bicyclic) bond motifs is 2. The zero-order valence-electron chi connectivity index (χ0n) is 15.8. The van der Waals surface area contributed by atoms with Gasteiger partial charge >= 0.3 is 0 Å². The predicted molar refractivity (Wildman–Crippen MR) is 110 cm³/mol. The van der Waals surface area contributed by atoms with Gasteiger partial charge in [-0.1, -0.05) is 19.9 Å². The molecule has 4 aromatic rings. The minimum atomic E-state index is 0.420. The third-order valence-corrected chi connectivity index (χ3v) is 5.86. The first-order valence-electron chi connectivity index (χ1n) is 9.87. The fraction of sp³-hybridized carbons (Fsp3) is 0.364. The molecule has 3 N–H and O–H groups in total. The molecule has 27 heavy (non-hydrogen) atoms. The van der Waals surface area contributed by atoms with E-state index in [1.54, 1.807) is 6.20 Å². The molecule has 1 aliphatic heterocycles. The second-order valence-electron chi connectivity index (χ2n) is 7.89. The normalized spacial score (nSPS) is 16.0. The van der Waals surface area contributed by atoms with Gasteiger partial charge in [-0.3, -0.25) is 10.1 Å². The van der Waals surface area contributed by atoms with Crippen molar-refractivity contribution < 1.29 is 0 Å². The number of aromatic amines is 2. The zero-order valence-corrected chi connectivity index (χ0v) is 15.8. The predicted octanol–water partition coefficient (Wildman–Crippen LogP) is 4.70. The molecule has 1 fully saturated rings. The van der Waals surface area contributed by atoms with Gasteiger partial charge in [0.25, 0.3) is 0 Å². The maximum absolute atomic E-state index is 4.42. The Morgan fingerprint density at radius 1 is 1.11 bits per heavy atom. The number of hydrogen-bond donors (Lipinski definition) is 3. The van der Waals surface area contributed by atoms with Crippen LogP contribution in [0.3, 0.4) is 0 Å². The monoisotopic (exact) mass is 359 g/mol. The van der Waals surface area contributed by atoms with E-state index in [-0.39, 0.29) is 0 Å². The standard InChI is InChI=1S/C22H25N5/c1-13(2)20-17-11-15(14-5-8-23-9-6-14)3-4-18(17)26-22(20)16-7-10-24-19-12-25-27-21(16)19/h3-4,7,10-14,23,26H,5-6,8-9H2,1-2H3,(H,25,27). The van der Waals surface area contributed by atoms with Gasteiger partial charge < -0.3 is 10.3 Å². The summed E-state index contributed by atoms with van der Waals surface area (Å²) in [5, 5.41) is 12.1. The summed E-state index contributed by atoms with van der Waals surface area (Å²) in [6.45, 7) is 6.78. The summed E-state index contributed by atoms with van der Waals surface area (Å²) < 4.78 is 0. The summed E-state index contributed by atoms with van der Waals surface area (Å²) in [4.78, 5) is 8.10. The smallest absolute Gasteiger partial charge is 0.109 e. The number of aromatic nitrogens is 4. The number of benzene rings is 1. The van der Waals surface area contributed by atoms with Crippen LogP contribution in [0.1, 0.15) is 49.7 Å². The Hall–Kier alpha value is -2.66. The lowest BCUT2D eigenvalue weighted by Crippen LogP contribution is -2.26. The Morgan fingerprint density at radius 2 is 1.96 bits per heavy atom. The van der Waals surface area contributed by atoms with E-state index in [1.807, 2.05) is 6.20 Å². The molecule has 1 saturated heterocycles. The minimum absolute atomic E-state index is 0.420. The lowest BCUT2D eigenvalue weighted by molar-refractivity contribution is 0.460. The molecule has 5 nitrogen and oxygen atoms in total. The van der Waals surface area contributed by atoms with Crippen molar-refractivity contribution in [1.82, 2.24) is 25.5 Å². The molecule has 138 valence electrons. The lowest BCUT2D eigenvalue weighted by atomic mass is 9.88. The molecule has 0 radical (unpaired) electrons. The highest BCUT2D eigenvalue weighted by Crippen LogP contribution is 2.39. The van der Waals surface area contributed by atoms with Gasteiger partial charge in [-0.2, -0.15) is 5.10 Å². The molecule has 0 bridgehead atoms. The molecule has 5 rings (SSSR count). The quantitative estimate of drug-likeness (QED) is 0.497. The topological polar surface area (TPSA) is 69.4 Å². The largest absolute Gasteiger partial charge is 0.354 e. The van der Waals surface area contributed by atoms with E-state index in [0.717, 1.165) is 29.7 Å². The highest BCUT2D eigenvalue weighted by atomic mass is 15.1. The van der Waals surface area contributed by atoms with Crippen LogP contribution >= 0.6 is 0 Å². The Balaban J connectivity index is 1.71. The fourth-order valence-corrected chi connectivity index (χ4v) is 4.51. The van der Waals surface area contributed by atoms with Crippen molar-refractivity contribution in [3.05, 3.63) is 47.8 Å². The van der Waals surface area contributed by atoms with Crippen molar-refractivity contribution in [3.63, 3.8) is 0 Å². The van der Waals surface area contributed by atoms with E-state index < -0.39 is 0 Å². The first-order valence-corrected chi connectivity index (χ1v) is 9.87. The molecule has 0 atom stereocenters. The van der Waals surface area contributed by atoms with Crippen LogP contribution in [-0.2, 0) is 0 Å². The van der Waals surface area contributed by atoms with Gasteiger partial charge in [0, 0.05) is 22.7 Å². The summed E-state index contributed by atoms with van der Waals surface area (Å²) in [6, 6.07) is 9.06. The van der Waals surface area contributed by atoms with Crippen LogP contribution in [0, 0.1) is 0 Å². The maximum atomic E-state index is 4.42. The van der Waals surface area contributed by atoms with E-state index >= 15 is 0 Å². The van der Waals surface area contributed by atoms with Gasteiger partial charge in [0.1, 0.15) is 5.52 Å². The minimum Gasteiger partial charge on any atom is -0.354 e. The molecule has 0 unspecified atom stereocenters. The SMILES string of the molecule is CC(C)c1c(-c2ccnc3cn[nH]c23)[nH]c2ccc(C3CCNCC3)cc12. The van der Waals surface area contributed by atoms with Crippen molar-refractivity contribution in [1.29, 1.82) is 0 Å². The van der Waals surface area contributed by atoms with Crippen LogP contribution in [0.25, 0.3) is 33.2 Å². The summed E-state index contributed by atoms with van der Waals surface area (Å²) in [6.07, 6.45) is 6.09. The van der Waals surface area contributed by atoms with E-state index in [1.165, 1.54) is 40.6 Å². The number of rotatable bonds is 3. The molecule has 4 heterocycles. The average Bonchev–Trinajstić information content (AvgIpc) is 3.32. The van der Waals surface area contributed by atoms with Crippen molar-refractivity contribution in [2.24, 2.45) is 0 Å². The van der Waals surface area contributed by atoms with Crippen LogP contribution in [0.15, 0.2) is 36.7 Å². The molecular formula is C22H25N5. The molecule has 0 amide bonds. The van der Waals surface area contributed by atoms with Crippen LogP contribution < -0.4 is 5.32 Å². The van der Waals surface area contributed by atoms with Crippen molar-refractivity contribution >= 4 is 21.9 Å². The molecule has 0 spiro atoms. The van der Waals surface area contributed by atoms with E-state index in [4.69, 9.17) is 0 Å². The Morgan fingerprint density at radius 3 is 2.78 bits per heavy atom. The van der Waals surface area contributed by atoms with Crippen LogP contribution in [0.5, 0.6) is 0 Å². The fourth-order valence-electron chi connectivity index (χ4n) is 4.51. The molecule has 1 aromatic carbocycles. The summed E-state index contributed by atoms with van der Waals surface area (Å²) >= 11 is 0. The number of nitrogens with zero attached hydrogens (tertiary/aromatic N) is 2. The van der Waals surface area contributed by atoms with Crippen LogP contribution in [0.4, 0.5) is 0 Å². The summed E-state index contributed by atoms with van der Waals surface area (Å²) in [7, 11) is 0. The Labute approximate surface area is 158 Å². The third-order valence-electron chi connectivity index (χ3n) is 5.86. The van der Waals surface area contributed by atoms with Crippen molar-refractivity contribution in [3.8, 4) is 11.3 Å². The van der Waals surface area contributed by atoms with E-state index in [9.17, 15) is 0 Å². The Kier molecular flexibility index (Phi) is 3.97. The van der Waals surface area contributed by atoms with Crippen molar-refractivity contribution in [2.75, 3.05) is 13.1 Å². The van der Waals surface area contributed by atoms with Crippen molar-refractivity contribution in [2.45, 2.75) is 38.5 Å².